The van der Waals surface area contributed by atoms with Crippen molar-refractivity contribution in [1.82, 2.24) is 0 Å². The first-order chi connectivity index (χ1) is 13.8. The zero-order valence-corrected chi connectivity index (χ0v) is 18.7. The topological polar surface area (TPSA) is 133 Å². The summed E-state index contributed by atoms with van der Waals surface area (Å²) < 4.78 is 45.9. The molecule has 0 fully saturated rings. The Kier molecular flexibility index (Phi) is 16.4. The van der Waals surface area contributed by atoms with Crippen LogP contribution >= 0.6 is 0 Å². The second kappa shape index (κ2) is 15.8. The molecule has 0 saturated heterocycles. The van der Waals surface area contributed by atoms with Crippen LogP contribution in [0.15, 0.2) is 24.3 Å². The molecule has 1 N–H and O–H groups in total. The number of unbranched alkanes of at least 4 members (excludes halogenated alkanes) is 2. The van der Waals surface area contributed by atoms with Crippen LogP contribution < -0.4 is 0 Å². The Hall–Kier alpha value is -0.940. The van der Waals surface area contributed by atoms with Gasteiger partial charge in [0.15, 0.2) is 0 Å². The normalized spacial score (nSPS) is 11.1. The van der Waals surface area contributed by atoms with Gasteiger partial charge >= 0.3 is 55.6 Å². The molecule has 176 valence electrons. The van der Waals surface area contributed by atoms with Crippen molar-refractivity contribution in [1.29, 1.82) is 0 Å². The Morgan fingerprint density at radius 2 is 1.39 bits per heavy atom. The Morgan fingerprint density at radius 1 is 0.903 bits per heavy atom. The van der Waals surface area contributed by atoms with Crippen molar-refractivity contribution in [3.05, 3.63) is 24.3 Å². The van der Waals surface area contributed by atoms with Gasteiger partial charge in [-0.2, -0.15) is 8.42 Å². The molecule has 0 saturated carbocycles. The third kappa shape index (κ3) is 13.9. The van der Waals surface area contributed by atoms with E-state index in [1.165, 1.54) is 13.8 Å². The van der Waals surface area contributed by atoms with Crippen molar-refractivity contribution >= 4 is 65.8 Å². The van der Waals surface area contributed by atoms with E-state index in [0.717, 1.165) is 6.42 Å². The number of hydrogen-bond acceptors (Lipinski definition) is 8. The van der Waals surface area contributed by atoms with Crippen LogP contribution in [0.25, 0.3) is 0 Å². The van der Waals surface area contributed by atoms with Crippen molar-refractivity contribution in [3.63, 3.8) is 0 Å². The molecule has 11 heteroatoms. The van der Waals surface area contributed by atoms with E-state index >= 15 is 0 Å². The summed E-state index contributed by atoms with van der Waals surface area (Å²) in [6.07, 6.45) is 1.84. The number of ether oxygens (including phenoxy) is 3. The minimum atomic E-state index is -4.09. The maximum absolute atomic E-state index is 12.9. The predicted octanol–water partition coefficient (Wildman–Crippen LogP) is 1.70. The Balaban J connectivity index is 0. The van der Waals surface area contributed by atoms with Crippen molar-refractivity contribution in [3.8, 4) is 0 Å². The number of carbonyl (C=O) groups excluding carboxylic acids is 3. The summed E-state index contributed by atoms with van der Waals surface area (Å²) in [5.41, 5.74) is -1.12. The molecule has 0 unspecified atom stereocenters. The van der Waals surface area contributed by atoms with Gasteiger partial charge in [0, 0.05) is 11.1 Å². The van der Waals surface area contributed by atoms with Gasteiger partial charge in [-0.25, -0.2) is 9.59 Å². The minimum absolute atomic E-state index is 0. The second-order valence-corrected chi connectivity index (χ2v) is 8.80. The molecule has 0 rings (SSSR count). The maximum atomic E-state index is 12.9. The fourth-order valence-corrected chi connectivity index (χ4v) is 2.85. The molecule has 31 heavy (non-hydrogen) atoms. The van der Waals surface area contributed by atoms with E-state index in [2.05, 4.69) is 13.2 Å². The zero-order chi connectivity index (χ0) is 23.4. The molecular weight excluding hydrogens is 456 g/mol. The SMILES string of the molecule is C=C(C)C(=O)OCC(CCCC)(COC(=O)C(=C)C)C(=O)OCCCCS(=O)(=O)O.[CaH2]. The molecule has 0 heterocycles. The molecule has 0 radical (unpaired) electrons. The van der Waals surface area contributed by atoms with Gasteiger partial charge < -0.3 is 14.2 Å². The average molecular weight is 491 g/mol. The number of hydrogen-bond donors (Lipinski definition) is 1. The van der Waals surface area contributed by atoms with Gasteiger partial charge in [0.2, 0.25) is 0 Å². The van der Waals surface area contributed by atoms with Crippen LogP contribution in [0.3, 0.4) is 0 Å². The first kappa shape index (κ1) is 32.2. The van der Waals surface area contributed by atoms with Gasteiger partial charge in [0.1, 0.15) is 18.6 Å². The summed E-state index contributed by atoms with van der Waals surface area (Å²) in [5.74, 6) is -2.56. The second-order valence-electron chi connectivity index (χ2n) is 7.23. The van der Waals surface area contributed by atoms with Crippen LogP contribution in [0.1, 0.15) is 52.9 Å². The van der Waals surface area contributed by atoms with Crippen molar-refractivity contribution < 1.29 is 41.6 Å². The standard InChI is InChI=1S/C20H32O9S.Ca.2H/c1-6-7-10-20(13-28-17(21)15(2)3,14-29-18(22)16(4)5)19(23)27-11-8-9-12-30(24,25)26;;;/h2,4,6-14H2,1,3,5H3,(H,24,25,26);;;. The summed E-state index contributed by atoms with van der Waals surface area (Å²) in [4.78, 5) is 36.6. The van der Waals surface area contributed by atoms with Crippen LogP contribution in [0.5, 0.6) is 0 Å². The van der Waals surface area contributed by atoms with Crippen LogP contribution in [-0.2, 0) is 38.7 Å². The first-order valence-corrected chi connectivity index (χ1v) is 11.2. The molecule has 9 nitrogen and oxygen atoms in total. The summed E-state index contributed by atoms with van der Waals surface area (Å²) in [6, 6.07) is 0. The quantitative estimate of drug-likeness (QED) is 0.0909. The van der Waals surface area contributed by atoms with E-state index in [1.807, 2.05) is 6.92 Å². The van der Waals surface area contributed by atoms with Crippen LogP contribution in [0.2, 0.25) is 0 Å². The molecule has 0 aromatic heterocycles. The van der Waals surface area contributed by atoms with E-state index in [9.17, 15) is 22.8 Å². The first-order valence-electron chi connectivity index (χ1n) is 9.62. The molecule has 0 aromatic rings. The molecule has 0 atom stereocenters. The third-order valence-electron chi connectivity index (χ3n) is 4.13. The van der Waals surface area contributed by atoms with Gasteiger partial charge in [-0.1, -0.05) is 32.9 Å². The number of esters is 3. The summed E-state index contributed by atoms with van der Waals surface area (Å²) in [7, 11) is -4.09. The molecule has 0 aliphatic heterocycles. The molecule has 0 spiro atoms. The number of carbonyl (C=O) groups is 3. The van der Waals surface area contributed by atoms with Crippen molar-refractivity contribution in [2.45, 2.75) is 52.9 Å². The van der Waals surface area contributed by atoms with Gasteiger partial charge in [-0.15, -0.1) is 0 Å². The van der Waals surface area contributed by atoms with Gasteiger partial charge in [-0.3, -0.25) is 9.35 Å². The Bertz CT molecular complexity index is 714. The Labute approximate surface area is 214 Å². The van der Waals surface area contributed by atoms with Gasteiger partial charge in [0.25, 0.3) is 10.1 Å². The molecule has 0 aliphatic rings. The predicted molar refractivity (Wildman–Crippen MR) is 119 cm³/mol. The van der Waals surface area contributed by atoms with Gasteiger partial charge in [-0.05, 0) is 33.1 Å². The molecule has 0 amide bonds. The number of rotatable bonds is 15. The van der Waals surface area contributed by atoms with Gasteiger partial charge in [0.05, 0.1) is 12.4 Å². The van der Waals surface area contributed by atoms with E-state index in [1.54, 1.807) is 0 Å². The molecule has 0 aromatic carbocycles. The van der Waals surface area contributed by atoms with Crippen LogP contribution in [0.4, 0.5) is 0 Å². The molecule has 0 bridgehead atoms. The van der Waals surface area contributed by atoms with E-state index in [-0.39, 0.29) is 88.0 Å². The summed E-state index contributed by atoms with van der Waals surface area (Å²) in [6.45, 7) is 11.0. The fourth-order valence-electron chi connectivity index (χ4n) is 2.28. The summed E-state index contributed by atoms with van der Waals surface area (Å²) in [5, 5.41) is 0. The van der Waals surface area contributed by atoms with Crippen LogP contribution in [-0.4, -0.2) is 94.2 Å². The fraction of sp³-hybridized carbons (Fsp3) is 0.650. The summed E-state index contributed by atoms with van der Waals surface area (Å²) >= 11 is 0. The van der Waals surface area contributed by atoms with E-state index < -0.39 is 39.2 Å². The van der Waals surface area contributed by atoms with Crippen LogP contribution in [0, 0.1) is 5.41 Å². The van der Waals surface area contributed by atoms with E-state index in [0.29, 0.717) is 6.42 Å². The molecule has 0 aliphatic carbocycles. The van der Waals surface area contributed by atoms with Crippen molar-refractivity contribution in [2.24, 2.45) is 5.41 Å². The third-order valence-corrected chi connectivity index (χ3v) is 4.93. The zero-order valence-electron chi connectivity index (χ0n) is 17.9. The Morgan fingerprint density at radius 3 is 1.77 bits per heavy atom. The monoisotopic (exact) mass is 490 g/mol. The van der Waals surface area contributed by atoms with Crippen molar-refractivity contribution in [2.75, 3.05) is 25.6 Å². The van der Waals surface area contributed by atoms with E-state index in [4.69, 9.17) is 18.8 Å². The molecular formula is C20H34CaO9S. The average Bonchev–Trinajstić information content (AvgIpc) is 2.65.